The Hall–Kier alpha value is -0.880. The van der Waals surface area contributed by atoms with Gasteiger partial charge >= 0.3 is 5.97 Å². The highest BCUT2D eigenvalue weighted by Gasteiger charge is 2.34. The second-order valence-electron chi connectivity index (χ2n) is 5.14. The fraction of sp³-hybridized carbons (Fsp3) is 0.429. The van der Waals surface area contributed by atoms with Gasteiger partial charge in [-0.25, -0.2) is 0 Å². The maximum atomic E-state index is 12.2. The number of rotatable bonds is 3. The van der Waals surface area contributed by atoms with E-state index in [4.69, 9.17) is 5.11 Å². The average molecular weight is 405 g/mol. The molecule has 2 rings (SSSR count). The van der Waals surface area contributed by atoms with Crippen LogP contribution in [0.4, 0.5) is 5.69 Å². The Morgan fingerprint density at radius 1 is 1.20 bits per heavy atom. The highest BCUT2D eigenvalue weighted by atomic mass is 79.9. The van der Waals surface area contributed by atoms with E-state index < -0.39 is 11.9 Å². The zero-order valence-electron chi connectivity index (χ0n) is 11.0. The number of carboxylic acids is 1. The summed E-state index contributed by atoms with van der Waals surface area (Å²) < 4.78 is 1.62. The van der Waals surface area contributed by atoms with E-state index in [0.717, 1.165) is 14.5 Å². The van der Waals surface area contributed by atoms with Crippen molar-refractivity contribution in [2.45, 2.75) is 26.2 Å². The number of hydrogen-bond acceptors (Lipinski definition) is 2. The van der Waals surface area contributed by atoms with Crippen molar-refractivity contribution in [3.05, 3.63) is 26.6 Å². The van der Waals surface area contributed by atoms with Crippen LogP contribution >= 0.6 is 31.9 Å². The minimum absolute atomic E-state index is 0.112. The van der Waals surface area contributed by atoms with Crippen LogP contribution in [0.5, 0.6) is 0 Å². The fourth-order valence-corrected chi connectivity index (χ4v) is 4.10. The van der Waals surface area contributed by atoms with Crippen LogP contribution in [-0.4, -0.2) is 17.0 Å². The van der Waals surface area contributed by atoms with Crippen LogP contribution in [0.25, 0.3) is 0 Å². The van der Waals surface area contributed by atoms with E-state index in [-0.39, 0.29) is 11.8 Å². The van der Waals surface area contributed by atoms with Crippen molar-refractivity contribution in [2.24, 2.45) is 11.8 Å². The number of benzene rings is 1. The van der Waals surface area contributed by atoms with E-state index in [1.54, 1.807) is 0 Å². The Morgan fingerprint density at radius 2 is 1.75 bits per heavy atom. The van der Waals surface area contributed by atoms with Gasteiger partial charge in [-0.15, -0.1) is 0 Å². The number of carboxylic acid groups (broad SMARTS) is 1. The lowest BCUT2D eigenvalue weighted by Crippen LogP contribution is -2.22. The number of anilines is 1. The van der Waals surface area contributed by atoms with Crippen molar-refractivity contribution < 1.29 is 14.7 Å². The molecular formula is C14H15Br2NO3. The predicted octanol–water partition coefficient (Wildman–Crippen LogP) is 3.96. The Morgan fingerprint density at radius 3 is 2.25 bits per heavy atom. The van der Waals surface area contributed by atoms with Gasteiger partial charge in [-0.3, -0.25) is 9.59 Å². The number of aliphatic carboxylic acids is 1. The third-order valence-electron chi connectivity index (χ3n) is 3.59. The molecule has 2 unspecified atom stereocenters. The molecule has 1 amide bonds. The molecule has 0 bridgehead atoms. The van der Waals surface area contributed by atoms with Crippen LogP contribution in [0.2, 0.25) is 0 Å². The maximum Gasteiger partial charge on any atom is 0.306 e. The molecule has 0 radical (unpaired) electrons. The molecule has 1 aromatic carbocycles. The summed E-state index contributed by atoms with van der Waals surface area (Å²) >= 11 is 6.86. The van der Waals surface area contributed by atoms with Crippen LogP contribution < -0.4 is 5.32 Å². The number of aryl methyl sites for hydroxylation is 1. The highest BCUT2D eigenvalue weighted by Crippen LogP contribution is 2.35. The van der Waals surface area contributed by atoms with Gasteiger partial charge in [0.05, 0.1) is 11.6 Å². The zero-order valence-corrected chi connectivity index (χ0v) is 14.1. The number of halogens is 2. The van der Waals surface area contributed by atoms with Crippen LogP contribution in [-0.2, 0) is 9.59 Å². The number of amides is 1. The summed E-state index contributed by atoms with van der Waals surface area (Å²) in [7, 11) is 0. The summed E-state index contributed by atoms with van der Waals surface area (Å²) in [6.07, 6.45) is 1.62. The van der Waals surface area contributed by atoms with E-state index in [2.05, 4.69) is 37.2 Å². The Labute approximate surface area is 134 Å². The molecule has 1 fully saturated rings. The van der Waals surface area contributed by atoms with Gasteiger partial charge in [-0.2, -0.15) is 0 Å². The summed E-state index contributed by atoms with van der Waals surface area (Å²) in [6, 6.07) is 3.85. The summed E-state index contributed by atoms with van der Waals surface area (Å²) in [5, 5.41) is 11.9. The molecule has 108 valence electrons. The largest absolute Gasteiger partial charge is 0.481 e. The van der Waals surface area contributed by atoms with Gasteiger partial charge in [-0.1, -0.05) is 0 Å². The van der Waals surface area contributed by atoms with Crippen LogP contribution in [0.15, 0.2) is 21.1 Å². The number of carbonyl (C=O) groups is 2. The molecule has 0 spiro atoms. The molecular weight excluding hydrogens is 390 g/mol. The van der Waals surface area contributed by atoms with Crippen molar-refractivity contribution in [3.8, 4) is 0 Å². The van der Waals surface area contributed by atoms with E-state index in [1.807, 2.05) is 19.1 Å². The molecule has 1 aliphatic rings. The van der Waals surface area contributed by atoms with Gasteiger partial charge < -0.3 is 10.4 Å². The SMILES string of the molecule is Cc1cc(Br)c(NC(=O)C2CCC(C(=O)O)C2)c(Br)c1. The lowest BCUT2D eigenvalue weighted by Gasteiger charge is -2.14. The molecule has 1 aliphatic carbocycles. The summed E-state index contributed by atoms with van der Waals surface area (Å²) in [5.41, 5.74) is 1.77. The zero-order chi connectivity index (χ0) is 14.9. The fourth-order valence-electron chi connectivity index (χ4n) is 2.49. The van der Waals surface area contributed by atoms with Gasteiger partial charge in [0.25, 0.3) is 0 Å². The van der Waals surface area contributed by atoms with E-state index in [0.29, 0.717) is 24.9 Å². The summed E-state index contributed by atoms with van der Waals surface area (Å²) in [6.45, 7) is 1.97. The average Bonchev–Trinajstić information content (AvgIpc) is 2.83. The molecule has 2 atom stereocenters. The molecule has 6 heteroatoms. The van der Waals surface area contributed by atoms with E-state index in [9.17, 15) is 9.59 Å². The Kier molecular flexibility index (Phi) is 4.86. The summed E-state index contributed by atoms with van der Waals surface area (Å²) in [4.78, 5) is 23.2. The lowest BCUT2D eigenvalue weighted by molar-refractivity contribution is -0.141. The van der Waals surface area contributed by atoms with E-state index >= 15 is 0 Å². The molecule has 0 aromatic heterocycles. The molecule has 4 nitrogen and oxygen atoms in total. The monoisotopic (exact) mass is 403 g/mol. The van der Waals surface area contributed by atoms with Gasteiger partial charge in [0.2, 0.25) is 5.91 Å². The first-order valence-corrected chi connectivity index (χ1v) is 7.96. The minimum Gasteiger partial charge on any atom is -0.481 e. The van der Waals surface area contributed by atoms with Crippen LogP contribution in [0.3, 0.4) is 0 Å². The Balaban J connectivity index is 2.08. The minimum atomic E-state index is -0.807. The van der Waals surface area contributed by atoms with Crippen LogP contribution in [0.1, 0.15) is 24.8 Å². The van der Waals surface area contributed by atoms with Gasteiger partial charge in [0, 0.05) is 14.9 Å². The maximum absolute atomic E-state index is 12.2. The van der Waals surface area contributed by atoms with E-state index in [1.165, 1.54) is 0 Å². The first-order valence-electron chi connectivity index (χ1n) is 6.37. The van der Waals surface area contributed by atoms with Crippen molar-refractivity contribution >= 4 is 49.4 Å². The van der Waals surface area contributed by atoms with Crippen molar-refractivity contribution in [3.63, 3.8) is 0 Å². The molecule has 20 heavy (non-hydrogen) atoms. The second kappa shape index (κ2) is 6.26. The van der Waals surface area contributed by atoms with Gasteiger partial charge in [0.15, 0.2) is 0 Å². The van der Waals surface area contributed by atoms with Crippen LogP contribution in [0, 0.1) is 18.8 Å². The second-order valence-corrected chi connectivity index (χ2v) is 6.85. The molecule has 2 N–H and O–H groups in total. The molecule has 1 aromatic rings. The smallest absolute Gasteiger partial charge is 0.306 e. The van der Waals surface area contributed by atoms with Crippen molar-refractivity contribution in [2.75, 3.05) is 5.32 Å². The normalized spacial score (nSPS) is 21.8. The number of carbonyl (C=O) groups excluding carboxylic acids is 1. The first-order chi connectivity index (χ1) is 9.38. The third-order valence-corrected chi connectivity index (χ3v) is 4.84. The first kappa shape index (κ1) is 15.5. The number of nitrogens with one attached hydrogen (secondary N) is 1. The van der Waals surface area contributed by atoms with Gasteiger partial charge in [0.1, 0.15) is 0 Å². The standard InChI is InChI=1S/C14H15Br2NO3/c1-7-4-10(15)12(11(16)5-7)17-13(18)8-2-3-9(6-8)14(19)20/h4-5,8-9H,2-3,6H2,1H3,(H,17,18)(H,19,20). The third kappa shape index (κ3) is 3.41. The van der Waals surface area contributed by atoms with Crippen molar-refractivity contribution in [1.29, 1.82) is 0 Å². The quantitative estimate of drug-likeness (QED) is 0.801. The number of hydrogen-bond donors (Lipinski definition) is 2. The molecule has 0 heterocycles. The van der Waals surface area contributed by atoms with Gasteiger partial charge in [-0.05, 0) is 75.7 Å². The van der Waals surface area contributed by atoms with Crippen molar-refractivity contribution in [1.82, 2.24) is 0 Å². The lowest BCUT2D eigenvalue weighted by atomic mass is 10.0. The molecule has 1 saturated carbocycles. The summed E-state index contributed by atoms with van der Waals surface area (Å²) in [5.74, 6) is -1.54. The molecule has 0 saturated heterocycles. The Bertz CT molecular complexity index is 536. The molecule has 0 aliphatic heterocycles. The highest BCUT2D eigenvalue weighted by molar-refractivity contribution is 9.11. The predicted molar refractivity (Wildman–Crippen MR) is 83.7 cm³/mol. The topological polar surface area (TPSA) is 66.4 Å².